The maximum atomic E-state index is 11.9. The minimum Gasteiger partial charge on any atom is -0.304 e. The van der Waals surface area contributed by atoms with Gasteiger partial charge >= 0.3 is 0 Å². The maximum Gasteiger partial charge on any atom is 0.278 e. The van der Waals surface area contributed by atoms with Crippen molar-refractivity contribution in [2.45, 2.75) is 6.92 Å². The van der Waals surface area contributed by atoms with Gasteiger partial charge in [0.2, 0.25) is 0 Å². The second-order valence-corrected chi connectivity index (χ2v) is 3.71. The first-order chi connectivity index (χ1) is 8.74. The highest BCUT2D eigenvalue weighted by Gasteiger charge is 2.13. The fourth-order valence-corrected chi connectivity index (χ4v) is 1.64. The summed E-state index contributed by atoms with van der Waals surface area (Å²) in [7, 11) is 0. The molecule has 0 unspecified atom stereocenters. The van der Waals surface area contributed by atoms with E-state index in [1.165, 1.54) is 0 Å². The lowest BCUT2D eigenvalue weighted by atomic mass is 10.4. The van der Waals surface area contributed by atoms with Crippen LogP contribution in [0.2, 0.25) is 0 Å². The van der Waals surface area contributed by atoms with Gasteiger partial charge in [0.25, 0.3) is 11.9 Å². The number of imidazole rings is 1. The minimum absolute atomic E-state index is 0.119. The van der Waals surface area contributed by atoms with Gasteiger partial charge < -0.3 is 4.40 Å². The van der Waals surface area contributed by atoms with Gasteiger partial charge in [-0.05, 0) is 24.3 Å². The number of carbonyl (C=O) groups excluding carboxylic acids is 1. The van der Waals surface area contributed by atoms with Crippen molar-refractivity contribution in [3.8, 4) is 0 Å². The molecule has 3 rings (SSSR count). The van der Waals surface area contributed by atoms with Crippen LogP contribution >= 0.6 is 0 Å². The summed E-state index contributed by atoms with van der Waals surface area (Å²) in [6.45, 7) is 1.94. The molecule has 0 spiro atoms. The van der Waals surface area contributed by atoms with Gasteiger partial charge in [-0.3, -0.25) is 10.1 Å². The molecule has 0 bridgehead atoms. The first-order valence-corrected chi connectivity index (χ1v) is 5.23. The summed E-state index contributed by atoms with van der Waals surface area (Å²) in [5.74, 6) is -0.256. The normalized spacial score (nSPS) is 10.7. The van der Waals surface area contributed by atoms with Crippen LogP contribution < -0.4 is 5.32 Å². The van der Waals surface area contributed by atoms with Gasteiger partial charge in [-0.1, -0.05) is 11.2 Å². The number of tetrazole rings is 1. The van der Waals surface area contributed by atoms with Gasteiger partial charge in [-0.15, -0.1) is 5.10 Å². The Morgan fingerprint density at radius 3 is 3.06 bits per heavy atom. The zero-order valence-electron chi connectivity index (χ0n) is 9.45. The molecule has 0 aliphatic carbocycles. The van der Waals surface area contributed by atoms with Gasteiger partial charge in [0.15, 0.2) is 0 Å². The van der Waals surface area contributed by atoms with E-state index in [1.807, 2.05) is 29.5 Å². The molecular formula is C10H9N7O. The molecule has 0 aromatic carbocycles. The number of aromatic amines is 1. The molecule has 1 amide bonds. The highest BCUT2D eigenvalue weighted by atomic mass is 16.2. The maximum absolute atomic E-state index is 11.9. The van der Waals surface area contributed by atoms with Crippen molar-refractivity contribution in [3.63, 3.8) is 0 Å². The molecule has 0 saturated heterocycles. The SMILES string of the molecule is Cc1cccc2nc(C(=O)Nc3nn[nH]n3)cn12. The van der Waals surface area contributed by atoms with Crippen LogP contribution in [0.4, 0.5) is 5.95 Å². The number of carbonyl (C=O) groups is 1. The summed E-state index contributed by atoms with van der Waals surface area (Å²) in [5, 5.41) is 15.4. The number of fused-ring (bicyclic) bond motifs is 1. The van der Waals surface area contributed by atoms with Gasteiger partial charge in [0.1, 0.15) is 11.3 Å². The van der Waals surface area contributed by atoms with Crippen LogP contribution in [0.3, 0.4) is 0 Å². The Kier molecular flexibility index (Phi) is 2.26. The Balaban J connectivity index is 1.94. The van der Waals surface area contributed by atoms with E-state index in [-0.39, 0.29) is 11.9 Å². The third-order valence-electron chi connectivity index (χ3n) is 2.50. The van der Waals surface area contributed by atoms with Gasteiger partial charge in [0, 0.05) is 11.9 Å². The molecule has 0 aliphatic rings. The molecule has 8 nitrogen and oxygen atoms in total. The summed E-state index contributed by atoms with van der Waals surface area (Å²) >= 11 is 0. The fourth-order valence-electron chi connectivity index (χ4n) is 1.64. The number of H-pyrrole nitrogens is 1. The number of amides is 1. The first kappa shape index (κ1) is 10.4. The number of nitrogens with zero attached hydrogens (tertiary/aromatic N) is 5. The summed E-state index contributed by atoms with van der Waals surface area (Å²) in [4.78, 5) is 16.1. The molecule has 0 saturated carbocycles. The van der Waals surface area contributed by atoms with Crippen LogP contribution in [0.15, 0.2) is 24.4 Å². The van der Waals surface area contributed by atoms with Crippen LogP contribution in [0.25, 0.3) is 5.65 Å². The Hall–Kier alpha value is -2.77. The zero-order chi connectivity index (χ0) is 12.5. The van der Waals surface area contributed by atoms with Gasteiger partial charge in [0.05, 0.1) is 0 Å². The van der Waals surface area contributed by atoms with Crippen molar-refractivity contribution in [2.24, 2.45) is 0 Å². The van der Waals surface area contributed by atoms with Gasteiger partial charge in [-0.2, -0.15) is 5.21 Å². The van der Waals surface area contributed by atoms with E-state index in [0.29, 0.717) is 11.3 Å². The molecule has 18 heavy (non-hydrogen) atoms. The number of aromatic nitrogens is 6. The van der Waals surface area contributed by atoms with Crippen LogP contribution in [-0.4, -0.2) is 35.9 Å². The van der Waals surface area contributed by atoms with Crippen LogP contribution in [0.1, 0.15) is 16.2 Å². The topological polar surface area (TPSA) is 101 Å². The third-order valence-corrected chi connectivity index (χ3v) is 2.50. The molecule has 0 atom stereocenters. The average molecular weight is 243 g/mol. The lowest BCUT2D eigenvalue weighted by molar-refractivity contribution is 0.102. The first-order valence-electron chi connectivity index (χ1n) is 5.23. The van der Waals surface area contributed by atoms with E-state index in [2.05, 4.69) is 30.9 Å². The quantitative estimate of drug-likeness (QED) is 0.678. The van der Waals surface area contributed by atoms with E-state index in [4.69, 9.17) is 0 Å². The number of anilines is 1. The molecule has 90 valence electrons. The van der Waals surface area contributed by atoms with E-state index in [0.717, 1.165) is 5.69 Å². The summed E-state index contributed by atoms with van der Waals surface area (Å²) < 4.78 is 1.84. The van der Waals surface area contributed by atoms with E-state index >= 15 is 0 Å². The zero-order valence-corrected chi connectivity index (χ0v) is 9.45. The summed E-state index contributed by atoms with van der Waals surface area (Å²) in [5.41, 5.74) is 2.01. The van der Waals surface area contributed by atoms with Crippen molar-refractivity contribution in [3.05, 3.63) is 35.8 Å². The van der Waals surface area contributed by atoms with Crippen LogP contribution in [-0.2, 0) is 0 Å². The number of pyridine rings is 1. The number of nitrogens with one attached hydrogen (secondary N) is 2. The molecule has 3 heterocycles. The second-order valence-electron chi connectivity index (χ2n) is 3.71. The average Bonchev–Trinajstić information content (AvgIpc) is 2.97. The smallest absolute Gasteiger partial charge is 0.278 e. The van der Waals surface area contributed by atoms with Gasteiger partial charge in [-0.25, -0.2) is 4.98 Å². The second kappa shape index (κ2) is 3.91. The Bertz CT molecular complexity index is 700. The van der Waals surface area contributed by atoms with Crippen molar-refractivity contribution in [1.82, 2.24) is 30.0 Å². The fraction of sp³-hybridized carbons (Fsp3) is 0.100. The molecule has 0 fully saturated rings. The van der Waals surface area contributed by atoms with E-state index in [9.17, 15) is 4.79 Å². The Labute approximate surface area is 101 Å². The molecular weight excluding hydrogens is 234 g/mol. The van der Waals surface area contributed by atoms with Crippen molar-refractivity contribution in [2.75, 3.05) is 5.32 Å². The standard InChI is InChI=1S/C10H9N7O/c1-6-3-2-4-8-11-7(5-17(6)8)9(18)12-10-13-15-16-14-10/h2-5H,1H3,(H2,12,13,14,15,16,18). The molecule has 2 N–H and O–H groups in total. The number of hydrogen-bond acceptors (Lipinski definition) is 5. The highest BCUT2D eigenvalue weighted by Crippen LogP contribution is 2.09. The minimum atomic E-state index is -0.375. The summed E-state index contributed by atoms with van der Waals surface area (Å²) in [6.07, 6.45) is 1.67. The molecule has 3 aromatic heterocycles. The van der Waals surface area contributed by atoms with E-state index < -0.39 is 0 Å². The molecule has 0 radical (unpaired) electrons. The van der Waals surface area contributed by atoms with Crippen molar-refractivity contribution >= 4 is 17.5 Å². The predicted molar refractivity (Wildman–Crippen MR) is 62.1 cm³/mol. The monoisotopic (exact) mass is 243 g/mol. The lowest BCUT2D eigenvalue weighted by Crippen LogP contribution is -2.13. The van der Waals surface area contributed by atoms with Crippen molar-refractivity contribution < 1.29 is 4.79 Å². The largest absolute Gasteiger partial charge is 0.304 e. The van der Waals surface area contributed by atoms with E-state index in [1.54, 1.807) is 6.20 Å². The van der Waals surface area contributed by atoms with Crippen LogP contribution in [0.5, 0.6) is 0 Å². The summed E-state index contributed by atoms with van der Waals surface area (Å²) in [6, 6.07) is 5.66. The number of aryl methyl sites for hydroxylation is 1. The molecule has 0 aliphatic heterocycles. The third kappa shape index (κ3) is 1.69. The Morgan fingerprint density at radius 2 is 2.33 bits per heavy atom. The number of rotatable bonds is 2. The predicted octanol–water partition coefficient (Wildman–Crippen LogP) is 0.408. The number of hydrogen-bond donors (Lipinski definition) is 2. The molecule has 8 heteroatoms. The lowest BCUT2D eigenvalue weighted by Gasteiger charge is -1.96. The van der Waals surface area contributed by atoms with Crippen LogP contribution in [0, 0.1) is 6.92 Å². The highest BCUT2D eigenvalue weighted by molar-refractivity contribution is 6.02. The van der Waals surface area contributed by atoms with Crippen molar-refractivity contribution in [1.29, 1.82) is 0 Å². The Morgan fingerprint density at radius 1 is 1.44 bits per heavy atom. The molecule has 3 aromatic rings.